The standard InChI is InChI=1S/C18H24N2S/c1-13-7-6-10-15(11-13)18-20-16(12-19-2)17(21-18)14-8-4-3-5-9-14/h3-5,8-9,13,15,19H,6-7,10-12H2,1-2H3. The van der Waals surface area contributed by atoms with E-state index in [1.807, 2.05) is 18.4 Å². The Morgan fingerprint density at radius 1 is 1.24 bits per heavy atom. The maximum Gasteiger partial charge on any atom is 0.0966 e. The van der Waals surface area contributed by atoms with E-state index in [1.54, 1.807) is 0 Å². The van der Waals surface area contributed by atoms with Crippen LogP contribution in [0.5, 0.6) is 0 Å². The molecular weight excluding hydrogens is 276 g/mol. The predicted octanol–water partition coefficient (Wildman–Crippen LogP) is 4.82. The molecule has 1 aliphatic rings. The molecule has 1 fully saturated rings. The summed E-state index contributed by atoms with van der Waals surface area (Å²) in [6.45, 7) is 3.23. The Labute approximate surface area is 131 Å². The zero-order valence-electron chi connectivity index (χ0n) is 12.9. The fraction of sp³-hybridized carbons (Fsp3) is 0.500. The van der Waals surface area contributed by atoms with Crippen LogP contribution in [0.15, 0.2) is 30.3 Å². The molecule has 0 amide bonds. The molecule has 0 aliphatic heterocycles. The maximum absolute atomic E-state index is 4.99. The summed E-state index contributed by atoms with van der Waals surface area (Å²) in [5.74, 6) is 1.52. The van der Waals surface area contributed by atoms with Crippen LogP contribution >= 0.6 is 11.3 Å². The first-order valence-electron chi connectivity index (χ1n) is 7.97. The number of benzene rings is 1. The summed E-state index contributed by atoms with van der Waals surface area (Å²) in [5.41, 5.74) is 2.51. The van der Waals surface area contributed by atoms with Crippen molar-refractivity contribution in [2.75, 3.05) is 7.05 Å². The van der Waals surface area contributed by atoms with Crippen LogP contribution in [0.3, 0.4) is 0 Å². The molecule has 1 aliphatic carbocycles. The van der Waals surface area contributed by atoms with Gasteiger partial charge in [0.1, 0.15) is 0 Å². The first-order chi connectivity index (χ1) is 10.3. The van der Waals surface area contributed by atoms with Crippen LogP contribution in [0.4, 0.5) is 0 Å². The van der Waals surface area contributed by atoms with Crippen molar-refractivity contribution in [3.8, 4) is 10.4 Å². The second kappa shape index (κ2) is 6.71. The minimum atomic E-state index is 0.673. The molecule has 1 N–H and O–H groups in total. The van der Waals surface area contributed by atoms with E-state index in [0.717, 1.165) is 12.5 Å². The maximum atomic E-state index is 4.99. The topological polar surface area (TPSA) is 24.9 Å². The van der Waals surface area contributed by atoms with Crippen molar-refractivity contribution in [3.63, 3.8) is 0 Å². The normalized spacial score (nSPS) is 22.4. The number of rotatable bonds is 4. The van der Waals surface area contributed by atoms with Gasteiger partial charge in [0.2, 0.25) is 0 Å². The van der Waals surface area contributed by atoms with Crippen molar-refractivity contribution < 1.29 is 0 Å². The summed E-state index contributed by atoms with van der Waals surface area (Å²) in [6.07, 6.45) is 5.36. The van der Waals surface area contributed by atoms with Crippen molar-refractivity contribution in [2.24, 2.45) is 5.92 Å². The fourth-order valence-electron chi connectivity index (χ4n) is 3.31. The average molecular weight is 300 g/mol. The van der Waals surface area contributed by atoms with E-state index in [-0.39, 0.29) is 0 Å². The zero-order chi connectivity index (χ0) is 14.7. The van der Waals surface area contributed by atoms with Gasteiger partial charge in [-0.1, -0.05) is 50.1 Å². The lowest BCUT2D eigenvalue weighted by molar-refractivity contribution is 0.343. The molecule has 0 radical (unpaired) electrons. The molecule has 1 heterocycles. The van der Waals surface area contributed by atoms with Crippen LogP contribution in [0.25, 0.3) is 10.4 Å². The highest BCUT2D eigenvalue weighted by molar-refractivity contribution is 7.15. The van der Waals surface area contributed by atoms with E-state index in [4.69, 9.17) is 4.98 Å². The van der Waals surface area contributed by atoms with E-state index in [0.29, 0.717) is 5.92 Å². The van der Waals surface area contributed by atoms with Gasteiger partial charge in [-0.3, -0.25) is 0 Å². The fourth-order valence-corrected chi connectivity index (χ4v) is 4.54. The molecule has 0 spiro atoms. The summed E-state index contributed by atoms with van der Waals surface area (Å²) in [5, 5.41) is 4.62. The van der Waals surface area contributed by atoms with Gasteiger partial charge in [-0.15, -0.1) is 11.3 Å². The summed E-state index contributed by atoms with van der Waals surface area (Å²) >= 11 is 1.91. The Bertz CT molecular complexity index is 576. The molecule has 1 aromatic carbocycles. The third kappa shape index (κ3) is 3.35. The average Bonchev–Trinajstić information content (AvgIpc) is 2.93. The van der Waals surface area contributed by atoms with Crippen molar-refractivity contribution in [1.29, 1.82) is 0 Å². The van der Waals surface area contributed by atoms with Gasteiger partial charge >= 0.3 is 0 Å². The van der Waals surface area contributed by atoms with Crippen LogP contribution < -0.4 is 5.32 Å². The molecule has 3 rings (SSSR count). The number of nitrogens with zero attached hydrogens (tertiary/aromatic N) is 1. The van der Waals surface area contributed by atoms with Gasteiger partial charge in [0.15, 0.2) is 0 Å². The third-order valence-corrected chi connectivity index (χ3v) is 5.69. The van der Waals surface area contributed by atoms with Crippen LogP contribution in [0.2, 0.25) is 0 Å². The number of hydrogen-bond donors (Lipinski definition) is 1. The zero-order valence-corrected chi connectivity index (χ0v) is 13.7. The molecule has 2 nitrogen and oxygen atoms in total. The highest BCUT2D eigenvalue weighted by atomic mass is 32.1. The van der Waals surface area contributed by atoms with Gasteiger partial charge in [-0.2, -0.15) is 0 Å². The smallest absolute Gasteiger partial charge is 0.0966 e. The lowest BCUT2D eigenvalue weighted by Gasteiger charge is -2.24. The van der Waals surface area contributed by atoms with Gasteiger partial charge in [0, 0.05) is 12.5 Å². The second-order valence-corrected chi connectivity index (χ2v) is 7.22. The summed E-state index contributed by atoms with van der Waals surface area (Å²) in [7, 11) is 2.00. The van der Waals surface area contributed by atoms with Gasteiger partial charge in [0.05, 0.1) is 15.6 Å². The first kappa shape index (κ1) is 14.7. The lowest BCUT2D eigenvalue weighted by atomic mass is 9.83. The Morgan fingerprint density at radius 2 is 2.05 bits per heavy atom. The Kier molecular flexibility index (Phi) is 4.71. The highest BCUT2D eigenvalue weighted by Crippen LogP contribution is 2.41. The van der Waals surface area contributed by atoms with Crippen LogP contribution in [0.1, 0.15) is 49.2 Å². The van der Waals surface area contributed by atoms with Crippen molar-refractivity contribution in [3.05, 3.63) is 41.0 Å². The Morgan fingerprint density at radius 3 is 2.76 bits per heavy atom. The number of thiazole rings is 1. The molecule has 21 heavy (non-hydrogen) atoms. The van der Waals surface area contributed by atoms with Crippen molar-refractivity contribution in [2.45, 2.75) is 45.1 Å². The first-order valence-corrected chi connectivity index (χ1v) is 8.79. The monoisotopic (exact) mass is 300 g/mol. The van der Waals surface area contributed by atoms with E-state index < -0.39 is 0 Å². The van der Waals surface area contributed by atoms with Gasteiger partial charge in [-0.25, -0.2) is 4.98 Å². The SMILES string of the molecule is CNCc1nc(C2CCCC(C)C2)sc1-c1ccccc1. The van der Waals surface area contributed by atoms with E-state index in [9.17, 15) is 0 Å². The number of nitrogens with one attached hydrogen (secondary N) is 1. The molecule has 0 saturated heterocycles. The van der Waals surface area contributed by atoms with Crippen molar-refractivity contribution in [1.82, 2.24) is 10.3 Å². The molecule has 1 saturated carbocycles. The minimum absolute atomic E-state index is 0.673. The molecule has 2 unspecified atom stereocenters. The molecular formula is C18H24N2S. The molecule has 3 heteroatoms. The van der Waals surface area contributed by atoms with E-state index in [1.165, 1.54) is 46.8 Å². The summed E-state index contributed by atoms with van der Waals surface area (Å²) in [6, 6.07) is 10.7. The summed E-state index contributed by atoms with van der Waals surface area (Å²) in [4.78, 5) is 6.34. The quantitative estimate of drug-likeness (QED) is 0.875. The van der Waals surface area contributed by atoms with Gasteiger partial charge in [-0.05, 0) is 31.4 Å². The van der Waals surface area contributed by atoms with Gasteiger partial charge in [0.25, 0.3) is 0 Å². The number of hydrogen-bond acceptors (Lipinski definition) is 3. The Balaban J connectivity index is 1.92. The number of aromatic nitrogens is 1. The predicted molar refractivity (Wildman–Crippen MR) is 90.7 cm³/mol. The summed E-state index contributed by atoms with van der Waals surface area (Å²) < 4.78 is 0. The minimum Gasteiger partial charge on any atom is -0.314 e. The van der Waals surface area contributed by atoms with Crippen LogP contribution in [-0.4, -0.2) is 12.0 Å². The van der Waals surface area contributed by atoms with Gasteiger partial charge < -0.3 is 5.32 Å². The van der Waals surface area contributed by atoms with E-state index in [2.05, 4.69) is 42.6 Å². The molecule has 2 atom stereocenters. The second-order valence-electron chi connectivity index (χ2n) is 6.19. The largest absolute Gasteiger partial charge is 0.314 e. The lowest BCUT2D eigenvalue weighted by Crippen LogP contribution is -2.12. The van der Waals surface area contributed by atoms with E-state index >= 15 is 0 Å². The Hall–Kier alpha value is -1.19. The molecule has 2 aromatic rings. The van der Waals surface area contributed by atoms with Crippen LogP contribution in [-0.2, 0) is 6.54 Å². The molecule has 112 valence electrons. The molecule has 0 bridgehead atoms. The highest BCUT2D eigenvalue weighted by Gasteiger charge is 2.24. The van der Waals surface area contributed by atoms with Crippen molar-refractivity contribution >= 4 is 11.3 Å². The van der Waals surface area contributed by atoms with Crippen LogP contribution in [0, 0.1) is 5.92 Å². The third-order valence-electron chi connectivity index (χ3n) is 4.38. The molecule has 1 aromatic heterocycles.